The van der Waals surface area contributed by atoms with Crippen molar-refractivity contribution in [3.8, 4) is 0 Å². The third-order valence-electron chi connectivity index (χ3n) is 3.35. The van der Waals surface area contributed by atoms with Crippen LogP contribution < -0.4 is 0 Å². The predicted octanol–water partition coefficient (Wildman–Crippen LogP) is 3.39. The van der Waals surface area contributed by atoms with E-state index in [1.54, 1.807) is 13.8 Å². The van der Waals surface area contributed by atoms with Gasteiger partial charge in [-0.15, -0.1) is 0 Å². The lowest BCUT2D eigenvalue weighted by Gasteiger charge is -2.35. The van der Waals surface area contributed by atoms with Crippen LogP contribution in [0.25, 0.3) is 0 Å². The number of hydrogen-bond donors (Lipinski definition) is 0. The van der Waals surface area contributed by atoms with Gasteiger partial charge in [0.25, 0.3) is 0 Å². The highest BCUT2D eigenvalue weighted by Crippen LogP contribution is 2.39. The van der Waals surface area contributed by atoms with Gasteiger partial charge in [0, 0.05) is 11.8 Å². The van der Waals surface area contributed by atoms with Crippen LogP contribution in [0.2, 0.25) is 0 Å². The molecule has 1 atom stereocenters. The molecule has 1 unspecified atom stereocenters. The van der Waals surface area contributed by atoms with Crippen molar-refractivity contribution in [3.05, 3.63) is 0 Å². The minimum absolute atomic E-state index is 0.0407. The molecule has 0 bridgehead atoms. The highest BCUT2D eigenvalue weighted by atomic mass is 16.1. The third-order valence-corrected chi connectivity index (χ3v) is 3.35. The third kappa shape index (κ3) is 4.59. The second kappa shape index (κ2) is 4.91. The van der Waals surface area contributed by atoms with Gasteiger partial charge in [0.05, 0.1) is 0 Å². The fraction of sp³-hybridized carbons (Fsp3) is 0.846. The van der Waals surface area contributed by atoms with Crippen molar-refractivity contribution >= 4 is 11.6 Å². The van der Waals surface area contributed by atoms with Crippen LogP contribution in [0.4, 0.5) is 0 Å². The Kier molecular flexibility index (Phi) is 4.69. The summed E-state index contributed by atoms with van der Waals surface area (Å²) in [5.74, 6) is 0.407. The summed E-state index contributed by atoms with van der Waals surface area (Å²) in [6.07, 6.45) is 2.29. The van der Waals surface area contributed by atoms with Crippen LogP contribution in [0.5, 0.6) is 0 Å². The van der Waals surface area contributed by atoms with Gasteiger partial charge in [0.15, 0.2) is 0 Å². The zero-order chi connectivity index (χ0) is 12.3. The summed E-state index contributed by atoms with van der Waals surface area (Å²) in [7, 11) is 0. The number of Topliss-reactive ketones (excluding diaryl/α,β-unsaturated/α-hetero) is 2. The lowest BCUT2D eigenvalue weighted by molar-refractivity contribution is -0.128. The van der Waals surface area contributed by atoms with E-state index in [1.807, 2.05) is 13.8 Å². The topological polar surface area (TPSA) is 34.1 Å². The van der Waals surface area contributed by atoms with Crippen molar-refractivity contribution in [1.29, 1.82) is 0 Å². The molecule has 0 fully saturated rings. The quantitative estimate of drug-likeness (QED) is 0.676. The molecule has 0 saturated carbocycles. The van der Waals surface area contributed by atoms with Crippen LogP contribution in [-0.2, 0) is 9.59 Å². The highest BCUT2D eigenvalue weighted by Gasteiger charge is 2.34. The molecule has 0 aromatic carbocycles. The van der Waals surface area contributed by atoms with Crippen LogP contribution in [0, 0.1) is 10.8 Å². The number of ketones is 2. The zero-order valence-corrected chi connectivity index (χ0v) is 10.9. The maximum atomic E-state index is 11.5. The van der Waals surface area contributed by atoms with Gasteiger partial charge in [-0.05, 0) is 25.7 Å². The van der Waals surface area contributed by atoms with Crippen molar-refractivity contribution in [3.63, 3.8) is 0 Å². The fourth-order valence-electron chi connectivity index (χ4n) is 2.10. The largest absolute Gasteiger partial charge is 0.300 e. The van der Waals surface area contributed by atoms with Gasteiger partial charge in [0.2, 0.25) is 0 Å². The van der Waals surface area contributed by atoms with E-state index in [9.17, 15) is 9.59 Å². The standard InChI is InChI=1S/C13H24O2/c1-7-13(6,8-10(2)14)9-12(4,5)11(3)15/h7-9H2,1-6H3. The first kappa shape index (κ1) is 14.3. The van der Waals surface area contributed by atoms with E-state index < -0.39 is 0 Å². The summed E-state index contributed by atoms with van der Waals surface area (Å²) in [5, 5.41) is 0. The lowest BCUT2D eigenvalue weighted by atomic mass is 9.69. The van der Waals surface area contributed by atoms with Crippen molar-refractivity contribution in [2.45, 2.75) is 60.8 Å². The molecular weight excluding hydrogens is 188 g/mol. The Balaban J connectivity index is 4.70. The van der Waals surface area contributed by atoms with Crippen molar-refractivity contribution < 1.29 is 9.59 Å². The van der Waals surface area contributed by atoms with Gasteiger partial charge in [-0.25, -0.2) is 0 Å². The Labute approximate surface area is 93.4 Å². The highest BCUT2D eigenvalue weighted by molar-refractivity contribution is 5.81. The first-order valence-corrected chi connectivity index (χ1v) is 5.63. The Bertz CT molecular complexity index is 253. The molecule has 0 aliphatic rings. The van der Waals surface area contributed by atoms with Gasteiger partial charge in [0.1, 0.15) is 11.6 Å². The van der Waals surface area contributed by atoms with Crippen LogP contribution in [-0.4, -0.2) is 11.6 Å². The van der Waals surface area contributed by atoms with Gasteiger partial charge in [-0.3, -0.25) is 4.79 Å². The van der Waals surface area contributed by atoms with Crippen LogP contribution in [0.3, 0.4) is 0 Å². The first-order valence-electron chi connectivity index (χ1n) is 5.63. The number of rotatable bonds is 6. The second-order valence-electron chi connectivity index (χ2n) is 5.66. The smallest absolute Gasteiger partial charge is 0.135 e. The van der Waals surface area contributed by atoms with E-state index in [0.29, 0.717) is 6.42 Å². The SMILES string of the molecule is CCC(C)(CC(C)=O)CC(C)(C)C(C)=O. The predicted molar refractivity (Wildman–Crippen MR) is 62.8 cm³/mol. The van der Waals surface area contributed by atoms with Gasteiger partial charge in [-0.1, -0.05) is 34.1 Å². The van der Waals surface area contributed by atoms with Gasteiger partial charge < -0.3 is 4.79 Å². The van der Waals surface area contributed by atoms with Gasteiger partial charge in [-0.2, -0.15) is 0 Å². The maximum Gasteiger partial charge on any atom is 0.135 e. The van der Waals surface area contributed by atoms with E-state index in [-0.39, 0.29) is 22.4 Å². The summed E-state index contributed by atoms with van der Waals surface area (Å²) in [6.45, 7) is 11.4. The Hall–Kier alpha value is -0.660. The zero-order valence-electron chi connectivity index (χ0n) is 10.9. The van der Waals surface area contributed by atoms with Crippen LogP contribution >= 0.6 is 0 Å². The average Bonchev–Trinajstić information content (AvgIpc) is 2.01. The molecule has 2 heteroatoms. The monoisotopic (exact) mass is 212 g/mol. The van der Waals surface area contributed by atoms with Crippen LogP contribution in [0.15, 0.2) is 0 Å². The van der Waals surface area contributed by atoms with Crippen molar-refractivity contribution in [1.82, 2.24) is 0 Å². The molecule has 0 saturated heterocycles. The molecule has 0 aromatic rings. The van der Waals surface area contributed by atoms with Gasteiger partial charge >= 0.3 is 0 Å². The molecule has 0 radical (unpaired) electrons. The molecule has 0 spiro atoms. The lowest BCUT2D eigenvalue weighted by Crippen LogP contribution is -2.31. The second-order valence-corrected chi connectivity index (χ2v) is 5.66. The Morgan fingerprint density at radius 2 is 1.53 bits per heavy atom. The fourth-order valence-corrected chi connectivity index (χ4v) is 2.10. The summed E-state index contributed by atoms with van der Waals surface area (Å²) in [6, 6.07) is 0. The molecule has 15 heavy (non-hydrogen) atoms. The molecule has 0 amide bonds. The molecule has 88 valence electrons. The minimum Gasteiger partial charge on any atom is -0.300 e. The number of hydrogen-bond acceptors (Lipinski definition) is 2. The first-order chi connectivity index (χ1) is 6.63. The molecule has 0 N–H and O–H groups in total. The molecule has 2 nitrogen and oxygen atoms in total. The molecule has 0 heterocycles. The van der Waals surface area contributed by atoms with Crippen molar-refractivity contribution in [2.24, 2.45) is 10.8 Å². The molecular formula is C13H24O2. The molecule has 0 rings (SSSR count). The summed E-state index contributed by atoms with van der Waals surface area (Å²) in [5.41, 5.74) is -0.360. The van der Waals surface area contributed by atoms with E-state index in [1.165, 1.54) is 0 Å². The Morgan fingerprint density at radius 3 is 1.80 bits per heavy atom. The molecule has 0 aliphatic carbocycles. The van der Waals surface area contributed by atoms with Crippen molar-refractivity contribution in [2.75, 3.05) is 0 Å². The Morgan fingerprint density at radius 1 is 1.07 bits per heavy atom. The van der Waals surface area contributed by atoms with E-state index in [4.69, 9.17) is 0 Å². The average molecular weight is 212 g/mol. The normalized spacial score (nSPS) is 15.9. The summed E-state index contributed by atoms with van der Waals surface area (Å²) < 4.78 is 0. The van der Waals surface area contributed by atoms with Crippen LogP contribution in [0.1, 0.15) is 60.8 Å². The van der Waals surface area contributed by atoms with E-state index in [0.717, 1.165) is 12.8 Å². The maximum absolute atomic E-state index is 11.5. The van der Waals surface area contributed by atoms with E-state index >= 15 is 0 Å². The molecule has 0 aromatic heterocycles. The summed E-state index contributed by atoms with van der Waals surface area (Å²) in [4.78, 5) is 22.6. The minimum atomic E-state index is -0.319. The number of carbonyl (C=O) groups is 2. The van der Waals surface area contributed by atoms with E-state index in [2.05, 4.69) is 13.8 Å². The summed E-state index contributed by atoms with van der Waals surface area (Å²) >= 11 is 0. The molecule has 0 aliphatic heterocycles. The number of carbonyl (C=O) groups excluding carboxylic acids is 2.